The fourth-order valence-corrected chi connectivity index (χ4v) is 2.31. The average Bonchev–Trinajstić information content (AvgIpc) is 2.72. The summed E-state index contributed by atoms with van der Waals surface area (Å²) >= 11 is 10.1. The molecule has 2 aromatic rings. The second kappa shape index (κ2) is 5.12. The first kappa shape index (κ1) is 12.5. The summed E-state index contributed by atoms with van der Waals surface area (Å²) < 4.78 is 1.19. The van der Waals surface area contributed by atoms with Crippen molar-refractivity contribution in [1.82, 2.24) is 10.2 Å². The summed E-state index contributed by atoms with van der Waals surface area (Å²) in [6.07, 6.45) is 0. The zero-order valence-corrected chi connectivity index (χ0v) is 11.9. The zero-order valence-electron chi connectivity index (χ0n) is 8.70. The summed E-state index contributed by atoms with van der Waals surface area (Å²) in [4.78, 5) is 11.8. The molecule has 0 saturated carbocycles. The predicted octanol–water partition coefficient (Wildman–Crippen LogP) is 3.51. The zero-order chi connectivity index (χ0) is 12.4. The van der Waals surface area contributed by atoms with Crippen molar-refractivity contribution in [3.8, 4) is 0 Å². The van der Waals surface area contributed by atoms with E-state index in [4.69, 9.17) is 11.6 Å². The van der Waals surface area contributed by atoms with Crippen molar-refractivity contribution in [2.24, 2.45) is 0 Å². The Hall–Kier alpha value is -0.980. The van der Waals surface area contributed by atoms with Crippen molar-refractivity contribution in [2.45, 2.75) is 6.92 Å². The Labute approximate surface area is 115 Å². The maximum Gasteiger partial charge on any atom is 0.286 e. The number of rotatable bonds is 2. The van der Waals surface area contributed by atoms with E-state index < -0.39 is 0 Å². The third-order valence-corrected chi connectivity index (χ3v) is 3.99. The van der Waals surface area contributed by atoms with Gasteiger partial charge in [0.1, 0.15) is 0 Å². The van der Waals surface area contributed by atoms with Gasteiger partial charge in [-0.05, 0) is 36.2 Å². The lowest BCUT2D eigenvalue weighted by molar-refractivity contribution is 0.102. The molecule has 0 aliphatic heterocycles. The Morgan fingerprint density at radius 3 is 2.88 bits per heavy atom. The first-order valence-corrected chi connectivity index (χ1v) is 6.62. The van der Waals surface area contributed by atoms with Gasteiger partial charge in [-0.15, -0.1) is 10.2 Å². The van der Waals surface area contributed by atoms with Gasteiger partial charge in [0.25, 0.3) is 5.91 Å². The number of halogens is 2. The number of hydrogen-bond acceptors (Lipinski definition) is 4. The number of aromatic nitrogens is 2. The molecule has 0 radical (unpaired) electrons. The van der Waals surface area contributed by atoms with E-state index in [0.717, 1.165) is 27.1 Å². The average molecular weight is 333 g/mol. The molecule has 0 unspecified atom stereocenters. The SMILES string of the molecule is Cc1c(Br)cccc1NC(=O)c1nnc(Cl)s1. The van der Waals surface area contributed by atoms with Crippen molar-refractivity contribution < 1.29 is 4.79 Å². The van der Waals surface area contributed by atoms with Crippen LogP contribution >= 0.6 is 38.9 Å². The normalized spacial score (nSPS) is 10.3. The Kier molecular flexibility index (Phi) is 3.76. The molecule has 1 heterocycles. The fourth-order valence-electron chi connectivity index (χ4n) is 1.22. The predicted molar refractivity (Wildman–Crippen MR) is 71.8 cm³/mol. The monoisotopic (exact) mass is 331 g/mol. The van der Waals surface area contributed by atoms with Gasteiger partial charge in [0.2, 0.25) is 9.47 Å². The van der Waals surface area contributed by atoms with Gasteiger partial charge >= 0.3 is 0 Å². The van der Waals surface area contributed by atoms with Crippen molar-refractivity contribution in [2.75, 3.05) is 5.32 Å². The first-order chi connectivity index (χ1) is 8.08. The summed E-state index contributed by atoms with van der Waals surface area (Å²) in [5.74, 6) is -0.310. The van der Waals surface area contributed by atoms with Crippen LogP contribution in [0.3, 0.4) is 0 Å². The van der Waals surface area contributed by atoms with Gasteiger partial charge in [-0.3, -0.25) is 4.79 Å². The Bertz CT molecular complexity index is 572. The molecule has 7 heteroatoms. The molecule has 0 atom stereocenters. The maximum absolute atomic E-state index is 11.8. The summed E-state index contributed by atoms with van der Waals surface area (Å²) in [5.41, 5.74) is 1.69. The molecule has 1 aromatic heterocycles. The van der Waals surface area contributed by atoms with E-state index in [1.54, 1.807) is 0 Å². The molecule has 0 fully saturated rings. The van der Waals surface area contributed by atoms with E-state index in [1.165, 1.54) is 0 Å². The van der Waals surface area contributed by atoms with Crippen molar-refractivity contribution in [1.29, 1.82) is 0 Å². The summed E-state index contributed by atoms with van der Waals surface area (Å²) in [6, 6.07) is 5.58. The number of carbonyl (C=O) groups is 1. The molecule has 1 amide bonds. The van der Waals surface area contributed by atoms with Gasteiger partial charge in [0, 0.05) is 10.2 Å². The fraction of sp³-hybridized carbons (Fsp3) is 0.100. The highest BCUT2D eigenvalue weighted by Crippen LogP contribution is 2.24. The number of nitrogens with zero attached hydrogens (tertiary/aromatic N) is 2. The highest BCUT2D eigenvalue weighted by atomic mass is 79.9. The lowest BCUT2D eigenvalue weighted by atomic mass is 10.2. The van der Waals surface area contributed by atoms with Crippen LogP contribution in [0.2, 0.25) is 4.47 Å². The lowest BCUT2D eigenvalue weighted by Gasteiger charge is -2.07. The molecule has 88 valence electrons. The van der Waals surface area contributed by atoms with Crippen molar-refractivity contribution >= 4 is 50.5 Å². The molecular formula is C10H7BrClN3OS. The van der Waals surface area contributed by atoms with Gasteiger partial charge in [-0.2, -0.15) is 0 Å². The van der Waals surface area contributed by atoms with Gasteiger partial charge < -0.3 is 5.32 Å². The molecule has 0 saturated heterocycles. The molecule has 0 aliphatic carbocycles. The smallest absolute Gasteiger partial charge is 0.286 e. The topological polar surface area (TPSA) is 54.9 Å². The number of benzene rings is 1. The van der Waals surface area contributed by atoms with Crippen LogP contribution in [0.4, 0.5) is 5.69 Å². The minimum Gasteiger partial charge on any atom is -0.320 e. The molecule has 0 bridgehead atoms. The van der Waals surface area contributed by atoms with Crippen LogP contribution in [-0.2, 0) is 0 Å². The van der Waals surface area contributed by atoms with Gasteiger partial charge in [-0.25, -0.2) is 0 Å². The van der Waals surface area contributed by atoms with Crippen LogP contribution < -0.4 is 5.32 Å². The highest BCUT2D eigenvalue weighted by molar-refractivity contribution is 9.10. The van der Waals surface area contributed by atoms with E-state index in [0.29, 0.717) is 0 Å². The molecule has 0 aliphatic rings. The van der Waals surface area contributed by atoms with E-state index in [2.05, 4.69) is 31.4 Å². The molecule has 4 nitrogen and oxygen atoms in total. The van der Waals surface area contributed by atoms with Crippen LogP contribution in [0.1, 0.15) is 15.4 Å². The molecule has 2 rings (SSSR count). The third-order valence-electron chi connectivity index (χ3n) is 2.11. The number of nitrogens with one attached hydrogen (secondary N) is 1. The first-order valence-electron chi connectivity index (χ1n) is 4.63. The maximum atomic E-state index is 11.8. The molecule has 0 spiro atoms. The van der Waals surface area contributed by atoms with Crippen molar-refractivity contribution in [3.05, 3.63) is 37.7 Å². The minimum atomic E-state index is -0.310. The standard InChI is InChI=1S/C10H7BrClN3OS/c1-5-6(11)3-2-4-7(5)13-8(16)9-14-15-10(12)17-9/h2-4H,1H3,(H,13,16). The summed E-state index contributed by atoms with van der Waals surface area (Å²) in [7, 11) is 0. The van der Waals surface area contributed by atoms with Crippen LogP contribution in [0.5, 0.6) is 0 Å². The van der Waals surface area contributed by atoms with Crippen LogP contribution in [0.25, 0.3) is 0 Å². The van der Waals surface area contributed by atoms with E-state index >= 15 is 0 Å². The number of hydrogen-bond donors (Lipinski definition) is 1. The number of anilines is 1. The quantitative estimate of drug-likeness (QED) is 0.915. The van der Waals surface area contributed by atoms with E-state index in [1.807, 2.05) is 25.1 Å². The molecule has 17 heavy (non-hydrogen) atoms. The highest BCUT2D eigenvalue weighted by Gasteiger charge is 2.13. The second-order valence-corrected chi connectivity index (χ2v) is 5.64. The van der Waals surface area contributed by atoms with Crippen LogP contribution in [-0.4, -0.2) is 16.1 Å². The Morgan fingerprint density at radius 2 is 2.24 bits per heavy atom. The van der Waals surface area contributed by atoms with Crippen LogP contribution in [0.15, 0.2) is 22.7 Å². The lowest BCUT2D eigenvalue weighted by Crippen LogP contribution is -2.12. The Morgan fingerprint density at radius 1 is 1.47 bits per heavy atom. The third kappa shape index (κ3) is 2.83. The molecule has 1 N–H and O–H groups in total. The minimum absolute atomic E-state index is 0.245. The van der Waals surface area contributed by atoms with Gasteiger partial charge in [0.15, 0.2) is 0 Å². The second-order valence-electron chi connectivity index (χ2n) is 3.23. The van der Waals surface area contributed by atoms with E-state index in [-0.39, 0.29) is 15.4 Å². The number of amides is 1. The summed E-state index contributed by atoms with van der Waals surface area (Å²) in [6.45, 7) is 1.91. The molecule has 1 aromatic carbocycles. The van der Waals surface area contributed by atoms with Crippen molar-refractivity contribution in [3.63, 3.8) is 0 Å². The number of carbonyl (C=O) groups excluding carboxylic acids is 1. The Balaban J connectivity index is 2.21. The molecular weight excluding hydrogens is 326 g/mol. The largest absolute Gasteiger partial charge is 0.320 e. The van der Waals surface area contributed by atoms with Gasteiger partial charge in [0.05, 0.1) is 0 Å². The van der Waals surface area contributed by atoms with Crippen LogP contribution in [0, 0.1) is 6.92 Å². The van der Waals surface area contributed by atoms with E-state index in [9.17, 15) is 4.79 Å². The summed E-state index contributed by atoms with van der Waals surface area (Å²) in [5, 5.41) is 10.3. The van der Waals surface area contributed by atoms with Gasteiger partial charge in [-0.1, -0.05) is 33.3 Å².